The van der Waals surface area contributed by atoms with Gasteiger partial charge in [-0.2, -0.15) is 0 Å². The fourth-order valence-electron chi connectivity index (χ4n) is 3.31. The molecule has 0 aliphatic heterocycles. The van der Waals surface area contributed by atoms with Gasteiger partial charge in [0.15, 0.2) is 0 Å². The highest BCUT2D eigenvalue weighted by Gasteiger charge is 2.20. The highest BCUT2D eigenvalue weighted by Crippen LogP contribution is 2.30. The minimum Gasteiger partial charge on any atom is -0.508 e. The molecule has 2 nitrogen and oxygen atoms in total. The number of nitrogens with one attached hydrogen (secondary N) is 1. The molecule has 0 saturated heterocycles. The van der Waals surface area contributed by atoms with Crippen LogP contribution in [0.25, 0.3) is 0 Å². The Bertz CT molecular complexity index is 391. The molecule has 2 rings (SSSR count). The van der Waals surface area contributed by atoms with Crippen LogP contribution in [0.1, 0.15) is 57.6 Å². The van der Waals surface area contributed by atoms with Crippen molar-refractivity contribution in [3.05, 3.63) is 29.8 Å². The van der Waals surface area contributed by atoms with Crippen LogP contribution in [0.4, 0.5) is 0 Å². The lowest BCUT2D eigenvalue weighted by Crippen LogP contribution is -2.29. The number of aromatic hydroxyl groups is 1. The third-order valence-corrected chi connectivity index (χ3v) is 4.42. The summed E-state index contributed by atoms with van der Waals surface area (Å²) in [6, 6.07) is 7.97. The predicted molar refractivity (Wildman–Crippen MR) is 80.3 cm³/mol. The Morgan fingerprint density at radius 1 is 1.32 bits per heavy atom. The number of hydrogen-bond donors (Lipinski definition) is 2. The minimum absolute atomic E-state index is 0.276. The van der Waals surface area contributed by atoms with E-state index >= 15 is 0 Å². The van der Waals surface area contributed by atoms with Gasteiger partial charge >= 0.3 is 0 Å². The number of phenols is 1. The van der Waals surface area contributed by atoms with Gasteiger partial charge < -0.3 is 10.4 Å². The van der Waals surface area contributed by atoms with Crippen molar-refractivity contribution >= 4 is 0 Å². The third kappa shape index (κ3) is 3.97. The van der Waals surface area contributed by atoms with Crippen LogP contribution in [0.3, 0.4) is 0 Å². The first kappa shape index (κ1) is 14.4. The van der Waals surface area contributed by atoms with Gasteiger partial charge in [-0.15, -0.1) is 0 Å². The van der Waals surface area contributed by atoms with Crippen molar-refractivity contribution < 1.29 is 5.11 Å². The monoisotopic (exact) mass is 261 g/mol. The fraction of sp³-hybridized carbons (Fsp3) is 0.647. The van der Waals surface area contributed by atoms with E-state index in [1.807, 2.05) is 18.2 Å². The van der Waals surface area contributed by atoms with Crippen LogP contribution < -0.4 is 5.32 Å². The second-order valence-electron chi connectivity index (χ2n) is 6.07. The number of hydrogen-bond acceptors (Lipinski definition) is 2. The molecule has 3 atom stereocenters. The number of rotatable bonds is 5. The molecular formula is C17H27NO. The maximum atomic E-state index is 9.95. The molecule has 0 heterocycles. The quantitative estimate of drug-likeness (QED) is 0.830. The summed E-state index contributed by atoms with van der Waals surface area (Å²) in [5, 5.41) is 13.6. The summed E-state index contributed by atoms with van der Waals surface area (Å²) in [5.41, 5.74) is 1.04. The zero-order chi connectivity index (χ0) is 13.7. The Morgan fingerprint density at radius 2 is 2.11 bits per heavy atom. The average molecular weight is 261 g/mol. The molecular weight excluding hydrogens is 234 g/mol. The molecule has 0 radical (unpaired) electrons. The molecule has 1 saturated carbocycles. The Kier molecular flexibility index (Phi) is 5.26. The second-order valence-corrected chi connectivity index (χ2v) is 6.07. The summed E-state index contributed by atoms with van der Waals surface area (Å²) in [5.74, 6) is 2.10. The van der Waals surface area contributed by atoms with E-state index in [2.05, 4.69) is 19.2 Å². The lowest BCUT2D eigenvalue weighted by atomic mass is 9.82. The van der Waals surface area contributed by atoms with Crippen LogP contribution in [-0.2, 0) is 0 Å². The van der Waals surface area contributed by atoms with Crippen LogP contribution in [0.15, 0.2) is 24.3 Å². The molecule has 1 fully saturated rings. The zero-order valence-corrected chi connectivity index (χ0v) is 12.2. The maximum absolute atomic E-state index is 9.95. The average Bonchev–Trinajstić information content (AvgIpc) is 2.41. The highest BCUT2D eigenvalue weighted by molar-refractivity contribution is 5.34. The van der Waals surface area contributed by atoms with Crippen LogP contribution in [-0.4, -0.2) is 11.7 Å². The molecule has 1 aromatic rings. The smallest absolute Gasteiger partial charge is 0.120 e. The summed E-state index contributed by atoms with van der Waals surface area (Å²) in [4.78, 5) is 0. The standard InChI is InChI=1S/C17H27NO/c1-3-16(15-9-4-5-10-17(15)19)18-12-14-8-6-7-13(2)11-14/h4-5,9-10,13-14,16,18-19H,3,6-8,11-12H2,1-2H3. The van der Waals surface area contributed by atoms with Crippen LogP contribution in [0.2, 0.25) is 0 Å². The van der Waals surface area contributed by atoms with Crippen molar-refractivity contribution in [2.75, 3.05) is 6.54 Å². The van der Waals surface area contributed by atoms with Gasteiger partial charge in [-0.25, -0.2) is 0 Å². The molecule has 0 amide bonds. The summed E-state index contributed by atoms with van der Waals surface area (Å²) >= 11 is 0. The molecule has 1 aliphatic rings. The molecule has 1 aromatic carbocycles. The van der Waals surface area contributed by atoms with Crippen molar-refractivity contribution in [3.63, 3.8) is 0 Å². The van der Waals surface area contributed by atoms with Crippen LogP contribution in [0.5, 0.6) is 5.75 Å². The van der Waals surface area contributed by atoms with E-state index in [1.165, 1.54) is 25.7 Å². The number of phenolic OH excluding ortho intramolecular Hbond substituents is 1. The molecule has 19 heavy (non-hydrogen) atoms. The topological polar surface area (TPSA) is 32.3 Å². The Labute approximate surface area is 117 Å². The lowest BCUT2D eigenvalue weighted by Gasteiger charge is -2.29. The second kappa shape index (κ2) is 6.95. The summed E-state index contributed by atoms with van der Waals surface area (Å²) < 4.78 is 0. The van der Waals surface area contributed by atoms with Crippen LogP contribution >= 0.6 is 0 Å². The van der Waals surface area contributed by atoms with Crippen molar-refractivity contribution in [2.45, 2.75) is 52.0 Å². The number of para-hydroxylation sites is 1. The molecule has 1 aliphatic carbocycles. The highest BCUT2D eigenvalue weighted by atomic mass is 16.3. The van der Waals surface area contributed by atoms with Gasteiger partial charge in [-0.05, 0) is 43.7 Å². The van der Waals surface area contributed by atoms with Crippen molar-refractivity contribution in [3.8, 4) is 5.75 Å². The SMILES string of the molecule is CCC(NCC1CCCC(C)C1)c1ccccc1O. The summed E-state index contributed by atoms with van der Waals surface area (Å²) in [7, 11) is 0. The molecule has 0 aromatic heterocycles. The zero-order valence-electron chi connectivity index (χ0n) is 12.2. The van der Waals surface area contributed by atoms with Gasteiger partial charge in [-0.1, -0.05) is 44.9 Å². The first-order valence-corrected chi connectivity index (χ1v) is 7.72. The lowest BCUT2D eigenvalue weighted by molar-refractivity contribution is 0.265. The van der Waals surface area contributed by atoms with E-state index in [0.29, 0.717) is 5.75 Å². The van der Waals surface area contributed by atoms with Gasteiger partial charge in [0.1, 0.15) is 5.75 Å². The first-order valence-electron chi connectivity index (χ1n) is 7.72. The van der Waals surface area contributed by atoms with Gasteiger partial charge in [0.05, 0.1) is 0 Å². The van der Waals surface area contributed by atoms with E-state index in [1.54, 1.807) is 6.07 Å². The van der Waals surface area contributed by atoms with E-state index in [4.69, 9.17) is 0 Å². The van der Waals surface area contributed by atoms with E-state index in [0.717, 1.165) is 30.4 Å². The maximum Gasteiger partial charge on any atom is 0.120 e. The molecule has 106 valence electrons. The third-order valence-electron chi connectivity index (χ3n) is 4.42. The van der Waals surface area contributed by atoms with Crippen molar-refractivity contribution in [1.29, 1.82) is 0 Å². The normalized spacial score (nSPS) is 25.2. The Morgan fingerprint density at radius 3 is 2.79 bits per heavy atom. The van der Waals surface area contributed by atoms with Crippen LogP contribution in [0, 0.1) is 11.8 Å². The predicted octanol–water partition coefficient (Wildman–Crippen LogP) is 4.26. The van der Waals surface area contributed by atoms with E-state index in [9.17, 15) is 5.11 Å². The Hall–Kier alpha value is -1.02. The molecule has 3 unspecified atom stereocenters. The summed E-state index contributed by atoms with van der Waals surface area (Å²) in [6.07, 6.45) is 6.49. The minimum atomic E-state index is 0.276. The molecule has 0 bridgehead atoms. The van der Waals surface area contributed by atoms with Gasteiger partial charge in [-0.3, -0.25) is 0 Å². The van der Waals surface area contributed by atoms with Gasteiger partial charge in [0.2, 0.25) is 0 Å². The molecule has 2 heteroatoms. The molecule has 2 N–H and O–H groups in total. The van der Waals surface area contributed by atoms with Gasteiger partial charge in [0, 0.05) is 11.6 Å². The summed E-state index contributed by atoms with van der Waals surface area (Å²) in [6.45, 7) is 5.62. The molecule has 0 spiro atoms. The first-order chi connectivity index (χ1) is 9.20. The van der Waals surface area contributed by atoms with E-state index < -0.39 is 0 Å². The largest absolute Gasteiger partial charge is 0.508 e. The van der Waals surface area contributed by atoms with Gasteiger partial charge in [0.25, 0.3) is 0 Å². The Balaban J connectivity index is 1.91. The fourth-order valence-corrected chi connectivity index (χ4v) is 3.31. The van der Waals surface area contributed by atoms with Crippen molar-refractivity contribution in [2.24, 2.45) is 11.8 Å². The van der Waals surface area contributed by atoms with Crippen molar-refractivity contribution in [1.82, 2.24) is 5.32 Å². The number of benzene rings is 1. The van der Waals surface area contributed by atoms with E-state index in [-0.39, 0.29) is 6.04 Å².